The number of carboxylic acid groups (broad SMARTS) is 1. The van der Waals surface area contributed by atoms with Crippen LogP contribution in [-0.2, 0) is 20.8 Å². The van der Waals surface area contributed by atoms with Crippen LogP contribution in [0.1, 0.15) is 24.1 Å². The van der Waals surface area contributed by atoms with Gasteiger partial charge in [-0.1, -0.05) is 36.4 Å². The molecule has 3 aromatic rings. The summed E-state index contributed by atoms with van der Waals surface area (Å²) >= 11 is 0. The summed E-state index contributed by atoms with van der Waals surface area (Å²) in [5, 5.41) is 13.9. The molecule has 0 bridgehead atoms. The Kier molecular flexibility index (Phi) is 7.01. The van der Waals surface area contributed by atoms with Crippen LogP contribution < -0.4 is 24.4 Å². The van der Waals surface area contributed by atoms with Crippen molar-refractivity contribution in [2.45, 2.75) is 24.9 Å². The van der Waals surface area contributed by atoms with Crippen molar-refractivity contribution in [3.63, 3.8) is 0 Å². The van der Waals surface area contributed by atoms with E-state index in [4.69, 9.17) is 14.2 Å². The molecule has 202 valence electrons. The lowest BCUT2D eigenvalue weighted by Gasteiger charge is -2.31. The fourth-order valence-corrected chi connectivity index (χ4v) is 5.80. The molecule has 0 spiro atoms. The van der Waals surface area contributed by atoms with E-state index in [0.29, 0.717) is 35.1 Å². The van der Waals surface area contributed by atoms with E-state index >= 15 is 0 Å². The summed E-state index contributed by atoms with van der Waals surface area (Å²) < 4.78 is 16.3. The third-order valence-corrected chi connectivity index (χ3v) is 7.53. The molecule has 2 aliphatic rings. The lowest BCUT2D eigenvalue weighted by Crippen LogP contribution is -2.57. The molecule has 9 heteroatoms. The van der Waals surface area contributed by atoms with Crippen molar-refractivity contribution in [1.29, 1.82) is 0 Å². The first kappa shape index (κ1) is 26.2. The van der Waals surface area contributed by atoms with Gasteiger partial charge < -0.3 is 19.3 Å². The van der Waals surface area contributed by atoms with E-state index in [0.717, 1.165) is 10.5 Å². The normalized spacial score (nSPS) is 24.0. The molecule has 0 aliphatic carbocycles. The highest BCUT2D eigenvalue weighted by molar-refractivity contribution is 6.24. The van der Waals surface area contributed by atoms with Crippen molar-refractivity contribution in [3.05, 3.63) is 83.9 Å². The Bertz CT molecular complexity index is 1390. The number of carbonyl (C=O) groups is 3. The third kappa shape index (κ3) is 4.38. The first-order valence-electron chi connectivity index (χ1n) is 12.7. The highest BCUT2D eigenvalue weighted by Crippen LogP contribution is 2.51. The molecule has 2 fully saturated rings. The molecule has 2 heterocycles. The highest BCUT2D eigenvalue weighted by Gasteiger charge is 2.68. The molecule has 0 unspecified atom stereocenters. The first-order valence-corrected chi connectivity index (χ1v) is 12.7. The molecule has 39 heavy (non-hydrogen) atoms. The Morgan fingerprint density at radius 1 is 0.949 bits per heavy atom. The molecule has 2 amide bonds. The average molecular weight is 531 g/mol. The topological polar surface area (TPSA) is 114 Å². The largest absolute Gasteiger partial charge is 0.494 e. The predicted octanol–water partition coefficient (Wildman–Crippen LogP) is 3.62. The number of methoxy groups -OCH3 is 2. The van der Waals surface area contributed by atoms with Crippen molar-refractivity contribution in [2.75, 3.05) is 25.7 Å². The SMILES string of the molecule is CCOc1ccc(N2C(=O)[C@@H]3[C@H](c4ccc(OC)c(OC)c4)N[C@@](Cc4ccccc4)(C(=O)O)[C@H]3C2=O)cc1. The molecule has 9 nitrogen and oxygen atoms in total. The second-order valence-corrected chi connectivity index (χ2v) is 9.62. The lowest BCUT2D eigenvalue weighted by atomic mass is 9.76. The van der Waals surface area contributed by atoms with Crippen LogP contribution in [0.3, 0.4) is 0 Å². The second-order valence-electron chi connectivity index (χ2n) is 9.62. The smallest absolute Gasteiger partial charge is 0.325 e. The number of rotatable bonds is 9. The number of nitrogens with zero attached hydrogens (tertiary/aromatic N) is 1. The third-order valence-electron chi connectivity index (χ3n) is 7.53. The zero-order valence-corrected chi connectivity index (χ0v) is 21.9. The van der Waals surface area contributed by atoms with Gasteiger partial charge in [-0.25, -0.2) is 4.90 Å². The molecule has 0 aromatic heterocycles. The molecule has 5 rings (SSSR count). The van der Waals surface area contributed by atoms with Gasteiger partial charge in [0.25, 0.3) is 0 Å². The Morgan fingerprint density at radius 3 is 2.26 bits per heavy atom. The standard InChI is InChI=1S/C30H30N2O7/c1-4-39-21-13-11-20(12-14-21)32-27(33)24-25(28(32)34)30(29(35)36,17-18-8-6-5-7-9-18)31-26(24)19-10-15-22(37-2)23(16-19)38-3/h5-16,24-26,31H,4,17H2,1-3H3,(H,35,36)/t24-,25+,26-,30+/m0/s1. The molecular formula is C30H30N2O7. The Morgan fingerprint density at radius 2 is 1.64 bits per heavy atom. The van der Waals surface area contributed by atoms with Crippen LogP contribution in [0, 0.1) is 11.8 Å². The number of hydrogen-bond donors (Lipinski definition) is 2. The zero-order valence-electron chi connectivity index (χ0n) is 21.9. The van der Waals surface area contributed by atoms with Gasteiger partial charge in [-0.15, -0.1) is 0 Å². The van der Waals surface area contributed by atoms with Gasteiger partial charge in [0.05, 0.1) is 38.3 Å². The van der Waals surface area contributed by atoms with E-state index in [-0.39, 0.29) is 6.42 Å². The summed E-state index contributed by atoms with van der Waals surface area (Å²) in [5.41, 5.74) is -0.00307. The molecule has 2 aliphatic heterocycles. The minimum absolute atomic E-state index is 0.0181. The Hall–Kier alpha value is -4.37. The van der Waals surface area contributed by atoms with Crippen molar-refractivity contribution < 1.29 is 33.7 Å². The van der Waals surface area contributed by atoms with Gasteiger partial charge in [-0.2, -0.15) is 0 Å². The van der Waals surface area contributed by atoms with Crippen molar-refractivity contribution in [3.8, 4) is 17.2 Å². The maximum absolute atomic E-state index is 14.0. The molecule has 0 radical (unpaired) electrons. The maximum atomic E-state index is 14.0. The Labute approximate surface area is 226 Å². The van der Waals surface area contributed by atoms with Crippen molar-refractivity contribution >= 4 is 23.5 Å². The minimum atomic E-state index is -1.73. The van der Waals surface area contributed by atoms with E-state index in [1.54, 1.807) is 42.5 Å². The van der Waals surface area contributed by atoms with Crippen LogP contribution in [0.4, 0.5) is 5.69 Å². The van der Waals surface area contributed by atoms with Crippen LogP contribution in [0.25, 0.3) is 0 Å². The summed E-state index contributed by atoms with van der Waals surface area (Å²) in [5.74, 6) is -2.78. The second kappa shape index (κ2) is 10.4. The fraction of sp³-hybridized carbons (Fsp3) is 0.300. The number of carbonyl (C=O) groups excluding carboxylic acids is 2. The van der Waals surface area contributed by atoms with Crippen LogP contribution >= 0.6 is 0 Å². The summed E-state index contributed by atoms with van der Waals surface area (Å²) in [6, 6.07) is 20.2. The molecule has 2 N–H and O–H groups in total. The summed E-state index contributed by atoms with van der Waals surface area (Å²) in [6.07, 6.45) is 0.0181. The molecule has 0 saturated carbocycles. The minimum Gasteiger partial charge on any atom is -0.494 e. The van der Waals surface area contributed by atoms with Gasteiger partial charge >= 0.3 is 5.97 Å². The number of anilines is 1. The maximum Gasteiger partial charge on any atom is 0.325 e. The zero-order chi connectivity index (χ0) is 27.7. The van der Waals surface area contributed by atoms with Gasteiger partial charge in [-0.3, -0.25) is 19.7 Å². The van der Waals surface area contributed by atoms with E-state index in [1.807, 2.05) is 37.3 Å². The number of imide groups is 1. The number of benzene rings is 3. The molecule has 3 aromatic carbocycles. The van der Waals surface area contributed by atoms with E-state index in [2.05, 4.69) is 5.32 Å². The van der Waals surface area contributed by atoms with Crippen LogP contribution in [0.2, 0.25) is 0 Å². The number of nitrogens with one attached hydrogen (secondary N) is 1. The summed E-state index contributed by atoms with van der Waals surface area (Å²) in [4.78, 5) is 42.3. The number of ether oxygens (including phenoxy) is 3. The predicted molar refractivity (Wildman–Crippen MR) is 143 cm³/mol. The number of hydrogen-bond acceptors (Lipinski definition) is 7. The number of fused-ring (bicyclic) bond motifs is 1. The van der Waals surface area contributed by atoms with E-state index in [9.17, 15) is 19.5 Å². The van der Waals surface area contributed by atoms with Gasteiger partial charge in [0.2, 0.25) is 11.8 Å². The van der Waals surface area contributed by atoms with Crippen LogP contribution in [-0.4, -0.2) is 49.3 Å². The van der Waals surface area contributed by atoms with E-state index in [1.165, 1.54) is 14.2 Å². The number of carboxylic acids is 1. The summed E-state index contributed by atoms with van der Waals surface area (Å²) in [7, 11) is 3.02. The van der Waals surface area contributed by atoms with Gasteiger partial charge in [0.1, 0.15) is 11.3 Å². The van der Waals surface area contributed by atoms with E-state index < -0.39 is 41.2 Å². The van der Waals surface area contributed by atoms with Crippen LogP contribution in [0.15, 0.2) is 72.8 Å². The lowest BCUT2D eigenvalue weighted by molar-refractivity contribution is -0.148. The molecule has 4 atom stereocenters. The van der Waals surface area contributed by atoms with Gasteiger partial charge in [0, 0.05) is 12.5 Å². The first-order chi connectivity index (χ1) is 18.8. The van der Waals surface area contributed by atoms with Crippen LogP contribution in [0.5, 0.6) is 17.2 Å². The molecular weight excluding hydrogens is 500 g/mol. The number of amides is 2. The van der Waals surface area contributed by atoms with Gasteiger partial charge in [-0.05, 0) is 54.4 Å². The number of aliphatic carboxylic acids is 1. The van der Waals surface area contributed by atoms with Crippen molar-refractivity contribution in [1.82, 2.24) is 5.32 Å². The van der Waals surface area contributed by atoms with Crippen molar-refractivity contribution in [2.24, 2.45) is 11.8 Å². The highest BCUT2D eigenvalue weighted by atomic mass is 16.5. The quantitative estimate of drug-likeness (QED) is 0.403. The monoisotopic (exact) mass is 530 g/mol. The Balaban J connectivity index is 1.63. The molecule has 2 saturated heterocycles. The average Bonchev–Trinajstić information content (AvgIpc) is 3.43. The van der Waals surface area contributed by atoms with Gasteiger partial charge in [0.15, 0.2) is 11.5 Å². The summed E-state index contributed by atoms with van der Waals surface area (Å²) in [6.45, 7) is 2.34. The fourth-order valence-electron chi connectivity index (χ4n) is 5.80.